The summed E-state index contributed by atoms with van der Waals surface area (Å²) in [6, 6.07) is -2.78. The van der Waals surface area contributed by atoms with Crippen molar-refractivity contribution in [3.63, 3.8) is 0 Å². The number of rotatable bonds is 9. The normalized spacial score (nSPS) is 23.7. The van der Waals surface area contributed by atoms with Crippen LogP contribution in [0.15, 0.2) is 12.7 Å². The van der Waals surface area contributed by atoms with Crippen LogP contribution in [-0.4, -0.2) is 71.3 Å². The van der Waals surface area contributed by atoms with Crippen LogP contribution in [0.5, 0.6) is 0 Å². The lowest BCUT2D eigenvalue weighted by Gasteiger charge is -2.38. The Morgan fingerprint density at radius 1 is 1.08 bits per heavy atom. The summed E-state index contributed by atoms with van der Waals surface area (Å²) in [5, 5.41) is 7.86. The molecule has 2 aliphatic rings. The summed E-state index contributed by atoms with van der Waals surface area (Å²) in [5.41, 5.74) is -1.55. The van der Waals surface area contributed by atoms with Gasteiger partial charge < -0.3 is 25.6 Å². The number of hydrogen-bond acceptors (Lipinski definition) is 6. The van der Waals surface area contributed by atoms with Gasteiger partial charge >= 0.3 is 6.09 Å². The number of nitrogens with one attached hydrogen (secondary N) is 3. The minimum atomic E-state index is -1.02. The van der Waals surface area contributed by atoms with E-state index >= 15 is 0 Å². The van der Waals surface area contributed by atoms with E-state index in [1.807, 2.05) is 20.8 Å². The van der Waals surface area contributed by atoms with E-state index in [-0.39, 0.29) is 36.1 Å². The van der Waals surface area contributed by atoms with Crippen LogP contribution in [0, 0.1) is 22.7 Å². The van der Waals surface area contributed by atoms with E-state index in [1.54, 1.807) is 27.7 Å². The molecule has 1 saturated carbocycles. The van der Waals surface area contributed by atoms with Crippen molar-refractivity contribution in [2.24, 2.45) is 22.7 Å². The highest BCUT2D eigenvalue weighted by Gasteiger charge is 2.69. The number of carbonyl (C=O) groups is 5. The van der Waals surface area contributed by atoms with Crippen LogP contribution in [0.4, 0.5) is 4.79 Å². The van der Waals surface area contributed by atoms with E-state index in [0.717, 1.165) is 0 Å². The largest absolute Gasteiger partial charge is 0.444 e. The van der Waals surface area contributed by atoms with E-state index in [2.05, 4.69) is 36.4 Å². The zero-order valence-electron chi connectivity index (χ0n) is 23.7. The van der Waals surface area contributed by atoms with Crippen molar-refractivity contribution in [1.29, 1.82) is 0 Å². The van der Waals surface area contributed by atoms with Gasteiger partial charge in [-0.25, -0.2) is 4.79 Å². The lowest BCUT2D eigenvalue weighted by atomic mass is 9.85. The molecule has 4 amide bonds. The molecule has 1 aliphatic carbocycles. The van der Waals surface area contributed by atoms with Crippen LogP contribution in [0.2, 0.25) is 0 Å². The molecule has 2 fully saturated rings. The van der Waals surface area contributed by atoms with Crippen molar-refractivity contribution < 1.29 is 28.7 Å². The quantitative estimate of drug-likeness (QED) is 0.315. The summed E-state index contributed by atoms with van der Waals surface area (Å²) < 4.78 is 5.38. The highest BCUT2D eigenvalue weighted by atomic mass is 16.6. The Morgan fingerprint density at radius 3 is 2.16 bits per heavy atom. The van der Waals surface area contributed by atoms with Crippen LogP contribution in [0.1, 0.15) is 68.7 Å². The number of ketones is 1. The van der Waals surface area contributed by atoms with Gasteiger partial charge in [-0.15, -0.1) is 6.58 Å². The van der Waals surface area contributed by atoms with E-state index in [0.29, 0.717) is 6.54 Å². The summed E-state index contributed by atoms with van der Waals surface area (Å²) in [4.78, 5) is 66.3. The molecule has 37 heavy (non-hydrogen) atoms. The Balaban J connectivity index is 2.28. The molecule has 1 heterocycles. The Hall–Kier alpha value is -2.91. The maximum atomic E-state index is 13.8. The Labute approximate surface area is 220 Å². The van der Waals surface area contributed by atoms with Gasteiger partial charge in [-0.2, -0.15) is 0 Å². The molecule has 1 unspecified atom stereocenters. The number of likely N-dealkylation sites (tertiary alicyclic amines) is 1. The molecule has 2 rings (SSSR count). The third-order valence-electron chi connectivity index (χ3n) is 7.21. The monoisotopic (exact) mass is 520 g/mol. The fourth-order valence-electron chi connectivity index (χ4n) is 5.07. The van der Waals surface area contributed by atoms with Gasteiger partial charge in [-0.3, -0.25) is 19.2 Å². The first-order valence-electron chi connectivity index (χ1n) is 12.9. The molecule has 0 aromatic rings. The molecule has 0 bridgehead atoms. The molecule has 0 aromatic carbocycles. The molecular weight excluding hydrogens is 476 g/mol. The molecule has 0 spiro atoms. The van der Waals surface area contributed by atoms with Crippen molar-refractivity contribution in [1.82, 2.24) is 20.9 Å². The van der Waals surface area contributed by atoms with Crippen molar-refractivity contribution in [2.45, 2.75) is 92.5 Å². The van der Waals surface area contributed by atoms with Gasteiger partial charge in [0.1, 0.15) is 17.7 Å². The van der Waals surface area contributed by atoms with E-state index < -0.39 is 52.8 Å². The Morgan fingerprint density at radius 2 is 1.68 bits per heavy atom. The molecular formula is C27H44N4O6. The third kappa shape index (κ3) is 6.90. The smallest absolute Gasteiger partial charge is 0.408 e. The molecule has 0 aromatic heterocycles. The number of amides is 4. The average molecular weight is 521 g/mol. The summed E-state index contributed by atoms with van der Waals surface area (Å²) >= 11 is 0. The van der Waals surface area contributed by atoms with Gasteiger partial charge in [-0.05, 0) is 49.9 Å². The summed E-state index contributed by atoms with van der Waals surface area (Å²) in [5.74, 6) is -2.40. The molecule has 1 aliphatic heterocycles. The van der Waals surface area contributed by atoms with Crippen molar-refractivity contribution in [3.05, 3.63) is 12.7 Å². The van der Waals surface area contributed by atoms with Crippen LogP contribution < -0.4 is 16.0 Å². The van der Waals surface area contributed by atoms with Gasteiger partial charge in [-0.1, -0.05) is 47.6 Å². The number of hydrogen-bond donors (Lipinski definition) is 3. The fourth-order valence-corrected chi connectivity index (χ4v) is 5.07. The number of nitrogens with zero attached hydrogens (tertiary/aromatic N) is 1. The van der Waals surface area contributed by atoms with Gasteiger partial charge in [0.2, 0.25) is 17.6 Å². The molecule has 0 radical (unpaired) electrons. The summed E-state index contributed by atoms with van der Waals surface area (Å²) in [6.07, 6.45) is 0.960. The van der Waals surface area contributed by atoms with Gasteiger partial charge in [0, 0.05) is 13.1 Å². The zero-order chi connectivity index (χ0) is 28.5. The Bertz CT molecular complexity index is 946. The van der Waals surface area contributed by atoms with Gasteiger partial charge in [0.15, 0.2) is 0 Å². The SMILES string of the molecule is C=CCNC(=O)C(=O)C(CC)NC(=O)[C@@H]1[C@@H]2[C@H](CN1C(=O)[C@@H](NC(=O)OC(C)(C)C)C(C)(C)C)C2(C)C. The fraction of sp³-hybridized carbons (Fsp3) is 0.741. The number of ether oxygens (including phenoxy) is 1. The first-order valence-corrected chi connectivity index (χ1v) is 12.9. The maximum absolute atomic E-state index is 13.8. The van der Waals surface area contributed by atoms with Crippen molar-refractivity contribution >= 4 is 29.6 Å². The van der Waals surface area contributed by atoms with Gasteiger partial charge in [0.25, 0.3) is 5.91 Å². The van der Waals surface area contributed by atoms with Crippen LogP contribution in [0.3, 0.4) is 0 Å². The van der Waals surface area contributed by atoms with Gasteiger partial charge in [0.05, 0.1) is 6.04 Å². The minimum Gasteiger partial charge on any atom is -0.444 e. The van der Waals surface area contributed by atoms with E-state index in [1.165, 1.54) is 11.0 Å². The highest BCUT2D eigenvalue weighted by molar-refractivity contribution is 6.38. The molecule has 10 nitrogen and oxygen atoms in total. The molecule has 208 valence electrons. The lowest BCUT2D eigenvalue weighted by Crippen LogP contribution is -2.60. The number of fused-ring (bicyclic) bond motifs is 1. The third-order valence-corrected chi connectivity index (χ3v) is 7.21. The van der Waals surface area contributed by atoms with Crippen molar-refractivity contribution in [2.75, 3.05) is 13.1 Å². The van der Waals surface area contributed by atoms with E-state index in [4.69, 9.17) is 4.74 Å². The predicted octanol–water partition coefficient (Wildman–Crippen LogP) is 2.17. The molecule has 1 saturated heterocycles. The van der Waals surface area contributed by atoms with Crippen LogP contribution in [0.25, 0.3) is 0 Å². The standard InChI is InChI=1S/C27H44N4O6/c1-11-13-28-22(34)19(32)16(12-2)29-21(33)18-17-15(27(17,9)10)14-31(18)23(35)20(25(3,4)5)30-24(36)37-26(6,7)8/h11,15-18,20H,1,12-14H2,2-10H3,(H,28,34)(H,29,33)(H,30,36)/t15-,16?,17-,18-,20+/m0/s1. The van der Waals surface area contributed by atoms with Crippen LogP contribution >= 0.6 is 0 Å². The Kier molecular flexibility index (Phi) is 8.87. The predicted molar refractivity (Wildman–Crippen MR) is 139 cm³/mol. The minimum absolute atomic E-state index is 0.0965. The second kappa shape index (κ2) is 10.8. The zero-order valence-corrected chi connectivity index (χ0v) is 23.7. The second-order valence-corrected chi connectivity index (χ2v) is 12.7. The van der Waals surface area contributed by atoms with E-state index in [9.17, 15) is 24.0 Å². The second-order valence-electron chi connectivity index (χ2n) is 12.7. The number of alkyl carbamates (subject to hydrolysis) is 1. The average Bonchev–Trinajstić information content (AvgIpc) is 3.09. The maximum Gasteiger partial charge on any atom is 0.408 e. The number of piperidine rings is 1. The lowest BCUT2D eigenvalue weighted by molar-refractivity contribution is -0.145. The number of carbonyl (C=O) groups excluding carboxylic acids is 5. The highest BCUT2D eigenvalue weighted by Crippen LogP contribution is 2.65. The summed E-state index contributed by atoms with van der Waals surface area (Å²) in [6.45, 7) is 20.5. The first kappa shape index (κ1) is 30.3. The van der Waals surface area contributed by atoms with Crippen LogP contribution in [-0.2, 0) is 23.9 Å². The molecule has 10 heteroatoms. The number of Topliss-reactive ketones (excluding diaryl/α,β-unsaturated/α-hetero) is 1. The first-order chi connectivity index (χ1) is 16.9. The summed E-state index contributed by atoms with van der Waals surface area (Å²) in [7, 11) is 0. The molecule has 5 atom stereocenters. The molecule has 3 N–H and O–H groups in total. The topological polar surface area (TPSA) is 134 Å². The van der Waals surface area contributed by atoms with Crippen molar-refractivity contribution in [3.8, 4) is 0 Å².